The fourth-order valence-electron chi connectivity index (χ4n) is 4.23. The lowest BCUT2D eigenvalue weighted by atomic mass is 10.0. The number of benzene rings is 1. The van der Waals surface area contributed by atoms with Crippen LogP contribution in [0.2, 0.25) is 0 Å². The first-order chi connectivity index (χ1) is 13.1. The number of aromatic hydroxyl groups is 1. The van der Waals surface area contributed by atoms with Gasteiger partial charge >= 0.3 is 0 Å². The lowest BCUT2D eigenvalue weighted by Crippen LogP contribution is -2.30. The quantitative estimate of drug-likeness (QED) is 0.822. The minimum absolute atomic E-state index is 0.0175. The highest BCUT2D eigenvalue weighted by Gasteiger charge is 2.42. The van der Waals surface area contributed by atoms with Crippen LogP contribution in [0.1, 0.15) is 28.9 Å². The number of carbonyl (C=O) groups is 1. The predicted molar refractivity (Wildman–Crippen MR) is 98.5 cm³/mol. The molecule has 138 valence electrons. The maximum absolute atomic E-state index is 12.4. The van der Waals surface area contributed by atoms with E-state index in [1.165, 1.54) is 12.3 Å². The Hall–Kier alpha value is -2.91. The van der Waals surface area contributed by atoms with Gasteiger partial charge in [0, 0.05) is 13.1 Å². The van der Waals surface area contributed by atoms with Crippen LogP contribution in [-0.4, -0.2) is 46.5 Å². The molecule has 1 unspecified atom stereocenters. The molecule has 3 atom stereocenters. The number of ether oxygens (including phenoxy) is 1. The molecule has 6 heteroatoms. The van der Waals surface area contributed by atoms with E-state index in [1.54, 1.807) is 18.2 Å². The summed E-state index contributed by atoms with van der Waals surface area (Å²) in [6.07, 6.45) is 3.42. The minimum Gasteiger partial charge on any atom is -0.506 e. The fourth-order valence-corrected chi connectivity index (χ4v) is 4.23. The highest BCUT2D eigenvalue weighted by molar-refractivity contribution is 5.95. The summed E-state index contributed by atoms with van der Waals surface area (Å²) in [6.45, 7) is 2.15. The van der Waals surface area contributed by atoms with Crippen LogP contribution in [0.4, 0.5) is 0 Å². The third-order valence-electron chi connectivity index (χ3n) is 5.45. The lowest BCUT2D eigenvalue weighted by molar-refractivity contribution is 0.0932. The molecule has 1 saturated carbocycles. The summed E-state index contributed by atoms with van der Waals surface area (Å²) in [4.78, 5) is 18.6. The number of aromatic nitrogens is 1. The summed E-state index contributed by atoms with van der Waals surface area (Å²) in [5.41, 5.74) is 1.00. The van der Waals surface area contributed by atoms with E-state index in [2.05, 4.69) is 16.0 Å². The van der Waals surface area contributed by atoms with Crippen molar-refractivity contribution < 1.29 is 14.6 Å². The Balaban J connectivity index is 1.30. The van der Waals surface area contributed by atoms with Crippen molar-refractivity contribution in [2.24, 2.45) is 11.8 Å². The molecule has 1 N–H and O–H groups in total. The number of hydrogen-bond acceptors (Lipinski definition) is 6. The van der Waals surface area contributed by atoms with Gasteiger partial charge < -0.3 is 9.84 Å². The highest BCUT2D eigenvalue weighted by atomic mass is 16.5. The first-order valence-electron chi connectivity index (χ1n) is 9.18. The fraction of sp³-hybridized carbons (Fsp3) is 0.381. The van der Waals surface area contributed by atoms with Crippen LogP contribution in [0.5, 0.6) is 11.5 Å². The van der Waals surface area contributed by atoms with Gasteiger partial charge in [-0.05, 0) is 55.0 Å². The summed E-state index contributed by atoms with van der Waals surface area (Å²) in [5, 5.41) is 18.3. The second-order valence-electron chi connectivity index (χ2n) is 7.39. The number of ketones is 1. The van der Waals surface area contributed by atoms with Crippen LogP contribution in [0.25, 0.3) is 0 Å². The Morgan fingerprint density at radius 2 is 2.04 bits per heavy atom. The molecule has 2 heterocycles. The van der Waals surface area contributed by atoms with Gasteiger partial charge in [0.1, 0.15) is 17.2 Å². The number of likely N-dealkylation sites (tertiary alicyclic amines) is 1. The van der Waals surface area contributed by atoms with Crippen molar-refractivity contribution in [2.75, 3.05) is 19.6 Å². The van der Waals surface area contributed by atoms with E-state index in [0.717, 1.165) is 31.7 Å². The zero-order chi connectivity index (χ0) is 18.8. The van der Waals surface area contributed by atoms with E-state index < -0.39 is 0 Å². The Morgan fingerprint density at radius 3 is 2.70 bits per heavy atom. The summed E-state index contributed by atoms with van der Waals surface area (Å²) >= 11 is 0. The van der Waals surface area contributed by atoms with Gasteiger partial charge in [-0.25, -0.2) is 4.98 Å². The summed E-state index contributed by atoms with van der Waals surface area (Å²) in [7, 11) is 0. The first-order valence-corrected chi connectivity index (χ1v) is 9.18. The molecule has 0 amide bonds. The molecule has 1 saturated heterocycles. The van der Waals surface area contributed by atoms with Gasteiger partial charge in [0.2, 0.25) is 0 Å². The first kappa shape index (κ1) is 17.5. The number of hydrogen-bond donors (Lipinski definition) is 1. The predicted octanol–water partition coefficient (Wildman–Crippen LogP) is 2.63. The summed E-state index contributed by atoms with van der Waals surface area (Å²) in [6, 6.07) is 12.5. The topological polar surface area (TPSA) is 86.5 Å². The molecule has 2 aromatic rings. The number of nitrogens with zero attached hydrogens (tertiary/aromatic N) is 3. The van der Waals surface area contributed by atoms with Crippen LogP contribution in [-0.2, 0) is 0 Å². The van der Waals surface area contributed by atoms with Crippen LogP contribution in [0.15, 0.2) is 42.6 Å². The van der Waals surface area contributed by atoms with Gasteiger partial charge in [-0.15, -0.1) is 0 Å². The monoisotopic (exact) mass is 363 g/mol. The molecule has 6 nitrogen and oxygen atoms in total. The zero-order valence-corrected chi connectivity index (χ0v) is 14.9. The molecule has 4 rings (SSSR count). The molecule has 1 aromatic heterocycles. The van der Waals surface area contributed by atoms with Gasteiger partial charge in [-0.3, -0.25) is 9.69 Å². The second-order valence-corrected chi connectivity index (χ2v) is 7.39. The van der Waals surface area contributed by atoms with Crippen LogP contribution in [0.3, 0.4) is 0 Å². The van der Waals surface area contributed by atoms with Crippen molar-refractivity contribution in [1.29, 1.82) is 5.26 Å². The van der Waals surface area contributed by atoms with E-state index >= 15 is 0 Å². The van der Waals surface area contributed by atoms with E-state index in [9.17, 15) is 9.90 Å². The van der Waals surface area contributed by atoms with Crippen molar-refractivity contribution in [2.45, 2.75) is 18.9 Å². The second kappa shape index (κ2) is 7.37. The van der Waals surface area contributed by atoms with E-state index in [4.69, 9.17) is 10.00 Å². The molecule has 1 aromatic carbocycles. The molecular formula is C21H21N3O3. The molecular weight excluding hydrogens is 342 g/mol. The number of rotatable bonds is 5. The smallest absolute Gasteiger partial charge is 0.195 e. The third-order valence-corrected chi connectivity index (χ3v) is 5.45. The largest absolute Gasteiger partial charge is 0.506 e. The average Bonchev–Trinajstić information content (AvgIpc) is 3.20. The maximum Gasteiger partial charge on any atom is 0.195 e. The Bertz CT molecular complexity index is 861. The third kappa shape index (κ3) is 3.93. The normalized spacial score (nSPS) is 24.3. The van der Waals surface area contributed by atoms with Crippen molar-refractivity contribution in [3.05, 3.63) is 53.9 Å². The van der Waals surface area contributed by atoms with E-state index in [-0.39, 0.29) is 17.6 Å². The van der Waals surface area contributed by atoms with Crippen LogP contribution in [0, 0.1) is 23.2 Å². The standard InChI is InChI=1S/C21H21N3O3/c22-9-14-2-1-3-18(6-14)27-19-7-15-11-24(12-16(15)8-19)13-21(26)20-5-4-17(25)10-23-20/h1-6,10,15-16,19,25H,7-8,11-13H2/t15-,16?,19+/m0/s1. The number of Topliss-reactive ketones (excluding diaryl/α,β-unsaturated/α-hetero) is 1. The van der Waals surface area contributed by atoms with Crippen LogP contribution >= 0.6 is 0 Å². The Morgan fingerprint density at radius 1 is 1.26 bits per heavy atom. The molecule has 1 aliphatic heterocycles. The molecule has 1 aliphatic carbocycles. The maximum atomic E-state index is 12.4. The summed E-state index contributed by atoms with van der Waals surface area (Å²) < 4.78 is 6.08. The van der Waals surface area contributed by atoms with Crippen molar-refractivity contribution in [3.63, 3.8) is 0 Å². The van der Waals surface area contributed by atoms with Gasteiger partial charge in [0.05, 0.1) is 30.5 Å². The molecule has 2 aliphatic rings. The number of carbonyl (C=O) groups excluding carboxylic acids is 1. The SMILES string of the molecule is N#Cc1cccc(O[C@H]2CC3CN(CC(=O)c4ccc(O)cn4)C[C@@H]3C2)c1. The highest BCUT2D eigenvalue weighted by Crippen LogP contribution is 2.39. The van der Waals surface area contributed by atoms with Gasteiger partial charge in [-0.1, -0.05) is 6.07 Å². The van der Waals surface area contributed by atoms with E-state index in [1.807, 2.05) is 12.1 Å². The Kier molecular flexibility index (Phi) is 4.78. The number of fused-ring (bicyclic) bond motifs is 1. The zero-order valence-electron chi connectivity index (χ0n) is 14.9. The number of pyridine rings is 1. The average molecular weight is 363 g/mol. The summed E-state index contributed by atoms with van der Waals surface area (Å²) in [5.74, 6) is 1.87. The van der Waals surface area contributed by atoms with E-state index in [0.29, 0.717) is 29.6 Å². The Labute approximate surface area is 158 Å². The van der Waals surface area contributed by atoms with Crippen molar-refractivity contribution in [3.8, 4) is 17.6 Å². The number of nitriles is 1. The van der Waals surface area contributed by atoms with Gasteiger partial charge in [0.15, 0.2) is 5.78 Å². The van der Waals surface area contributed by atoms with Crippen molar-refractivity contribution >= 4 is 5.78 Å². The van der Waals surface area contributed by atoms with Gasteiger partial charge in [0.25, 0.3) is 0 Å². The molecule has 2 fully saturated rings. The van der Waals surface area contributed by atoms with Crippen molar-refractivity contribution in [1.82, 2.24) is 9.88 Å². The minimum atomic E-state index is -0.0175. The molecule has 27 heavy (non-hydrogen) atoms. The van der Waals surface area contributed by atoms with Gasteiger partial charge in [-0.2, -0.15) is 5.26 Å². The molecule has 0 bridgehead atoms. The van der Waals surface area contributed by atoms with Crippen LogP contribution < -0.4 is 4.74 Å². The lowest BCUT2D eigenvalue weighted by Gasteiger charge is -2.19. The molecule has 0 radical (unpaired) electrons. The molecule has 0 spiro atoms.